The van der Waals surface area contributed by atoms with Crippen LogP contribution >= 0.6 is 11.3 Å². The zero-order valence-electron chi connectivity index (χ0n) is 11.0. The zero-order valence-corrected chi connectivity index (χ0v) is 11.8. The Balaban J connectivity index is 1.97. The SMILES string of the molecule is Cn1c2ccncc2c2c1sc1[n+]2Cc2ccccc2-1. The molecule has 1 aliphatic heterocycles. The van der Waals surface area contributed by atoms with E-state index in [2.05, 4.69) is 51.5 Å². The molecule has 0 aliphatic carbocycles. The number of pyridine rings is 1. The molecule has 96 valence electrons. The number of benzene rings is 1. The Labute approximate surface area is 119 Å². The van der Waals surface area contributed by atoms with Crippen LogP contribution in [0.2, 0.25) is 0 Å². The molecule has 3 aromatic heterocycles. The highest BCUT2D eigenvalue weighted by Gasteiger charge is 2.34. The van der Waals surface area contributed by atoms with E-state index in [4.69, 9.17) is 0 Å². The average Bonchev–Trinajstić information content (AvgIpc) is 3.09. The Kier molecular flexibility index (Phi) is 1.83. The maximum absolute atomic E-state index is 4.31. The molecule has 4 heteroatoms. The van der Waals surface area contributed by atoms with E-state index in [1.165, 1.54) is 37.4 Å². The summed E-state index contributed by atoms with van der Waals surface area (Å²) in [6, 6.07) is 10.8. The number of hydrogen-bond acceptors (Lipinski definition) is 2. The predicted molar refractivity (Wildman–Crippen MR) is 80.8 cm³/mol. The van der Waals surface area contributed by atoms with Crippen molar-refractivity contribution < 1.29 is 4.57 Å². The monoisotopic (exact) mass is 278 g/mol. The van der Waals surface area contributed by atoms with E-state index in [-0.39, 0.29) is 0 Å². The smallest absolute Gasteiger partial charge is 0.272 e. The van der Waals surface area contributed by atoms with E-state index in [0.29, 0.717) is 0 Å². The summed E-state index contributed by atoms with van der Waals surface area (Å²) in [5, 5.41) is 2.62. The number of nitrogens with zero attached hydrogens (tertiary/aromatic N) is 3. The Bertz CT molecular complexity index is 994. The summed E-state index contributed by atoms with van der Waals surface area (Å²) in [5.41, 5.74) is 5.38. The number of aromatic nitrogens is 3. The molecule has 0 saturated carbocycles. The van der Waals surface area contributed by atoms with Crippen LogP contribution in [0, 0.1) is 0 Å². The minimum absolute atomic E-state index is 0.972. The number of fused-ring (bicyclic) bond motifs is 7. The molecule has 0 unspecified atom stereocenters. The van der Waals surface area contributed by atoms with Crippen molar-refractivity contribution in [1.29, 1.82) is 0 Å². The van der Waals surface area contributed by atoms with Gasteiger partial charge in [-0.05, 0) is 23.5 Å². The van der Waals surface area contributed by atoms with Crippen LogP contribution in [0.1, 0.15) is 5.56 Å². The first-order chi connectivity index (χ1) is 9.84. The van der Waals surface area contributed by atoms with Gasteiger partial charge in [0.05, 0.1) is 16.5 Å². The molecule has 20 heavy (non-hydrogen) atoms. The first-order valence-electron chi connectivity index (χ1n) is 6.67. The van der Waals surface area contributed by atoms with Crippen LogP contribution in [-0.2, 0) is 13.6 Å². The lowest BCUT2D eigenvalue weighted by atomic mass is 10.1. The molecule has 5 rings (SSSR count). The third kappa shape index (κ3) is 1.11. The summed E-state index contributed by atoms with van der Waals surface area (Å²) in [6.07, 6.45) is 3.85. The van der Waals surface area contributed by atoms with Crippen molar-refractivity contribution in [1.82, 2.24) is 9.55 Å². The van der Waals surface area contributed by atoms with Gasteiger partial charge in [0.15, 0.2) is 11.4 Å². The van der Waals surface area contributed by atoms with Crippen molar-refractivity contribution in [2.24, 2.45) is 7.05 Å². The summed E-state index contributed by atoms with van der Waals surface area (Å²) in [4.78, 5) is 5.64. The second-order valence-electron chi connectivity index (χ2n) is 5.26. The largest absolute Gasteiger partial charge is 0.330 e. The minimum atomic E-state index is 0.972. The summed E-state index contributed by atoms with van der Waals surface area (Å²) in [5.74, 6) is 0. The highest BCUT2D eigenvalue weighted by Crippen LogP contribution is 2.38. The minimum Gasteiger partial charge on any atom is -0.330 e. The number of rotatable bonds is 0. The fourth-order valence-electron chi connectivity index (χ4n) is 3.26. The van der Waals surface area contributed by atoms with Crippen LogP contribution in [0.4, 0.5) is 0 Å². The Morgan fingerprint density at radius 2 is 2.15 bits per heavy atom. The van der Waals surface area contributed by atoms with Crippen molar-refractivity contribution in [3.63, 3.8) is 0 Å². The van der Waals surface area contributed by atoms with Gasteiger partial charge in [0, 0.05) is 25.0 Å². The van der Waals surface area contributed by atoms with Crippen LogP contribution in [0.15, 0.2) is 42.7 Å². The van der Waals surface area contributed by atoms with E-state index < -0.39 is 0 Å². The third-order valence-electron chi connectivity index (χ3n) is 4.21. The van der Waals surface area contributed by atoms with Gasteiger partial charge in [0.2, 0.25) is 0 Å². The van der Waals surface area contributed by atoms with Gasteiger partial charge in [-0.15, -0.1) is 0 Å². The van der Waals surface area contributed by atoms with E-state index in [1.54, 1.807) is 0 Å². The molecule has 0 radical (unpaired) electrons. The van der Waals surface area contributed by atoms with Crippen molar-refractivity contribution in [2.75, 3.05) is 0 Å². The van der Waals surface area contributed by atoms with E-state index in [0.717, 1.165) is 6.54 Å². The summed E-state index contributed by atoms with van der Waals surface area (Å²) in [6.45, 7) is 0.972. The van der Waals surface area contributed by atoms with Gasteiger partial charge >= 0.3 is 0 Å². The highest BCUT2D eigenvalue weighted by atomic mass is 32.1. The Morgan fingerprint density at radius 1 is 1.25 bits per heavy atom. The summed E-state index contributed by atoms with van der Waals surface area (Å²) in [7, 11) is 2.14. The molecular weight excluding hydrogens is 266 g/mol. The molecule has 0 amide bonds. The second-order valence-corrected chi connectivity index (χ2v) is 6.23. The molecule has 0 N–H and O–H groups in total. The average molecular weight is 278 g/mol. The van der Waals surface area contributed by atoms with Crippen LogP contribution in [-0.4, -0.2) is 9.55 Å². The number of thiazole rings is 1. The summed E-state index contributed by atoms with van der Waals surface area (Å²) >= 11 is 1.88. The van der Waals surface area contributed by atoms with Crippen molar-refractivity contribution in [3.8, 4) is 10.6 Å². The van der Waals surface area contributed by atoms with E-state index in [1.807, 2.05) is 23.7 Å². The fourth-order valence-corrected chi connectivity index (χ4v) is 4.57. The van der Waals surface area contributed by atoms with Crippen molar-refractivity contribution in [2.45, 2.75) is 6.54 Å². The third-order valence-corrected chi connectivity index (χ3v) is 5.50. The molecule has 3 nitrogen and oxygen atoms in total. The topological polar surface area (TPSA) is 21.7 Å². The van der Waals surface area contributed by atoms with Gasteiger partial charge < -0.3 is 4.57 Å². The first-order valence-corrected chi connectivity index (χ1v) is 7.49. The van der Waals surface area contributed by atoms with Crippen LogP contribution in [0.5, 0.6) is 0 Å². The van der Waals surface area contributed by atoms with Gasteiger partial charge in [-0.3, -0.25) is 4.98 Å². The lowest BCUT2D eigenvalue weighted by Gasteiger charge is -1.93. The van der Waals surface area contributed by atoms with Gasteiger partial charge in [-0.2, -0.15) is 4.57 Å². The normalized spacial score (nSPS) is 13.1. The van der Waals surface area contributed by atoms with Crippen LogP contribution in [0.3, 0.4) is 0 Å². The molecule has 4 heterocycles. The van der Waals surface area contributed by atoms with E-state index in [9.17, 15) is 0 Å². The van der Waals surface area contributed by atoms with E-state index >= 15 is 0 Å². The molecule has 1 aliphatic rings. The van der Waals surface area contributed by atoms with Gasteiger partial charge in [-0.1, -0.05) is 18.2 Å². The molecule has 0 atom stereocenters. The quantitative estimate of drug-likeness (QED) is 0.399. The van der Waals surface area contributed by atoms with Gasteiger partial charge in [-0.25, -0.2) is 0 Å². The Morgan fingerprint density at radius 3 is 3.10 bits per heavy atom. The molecule has 1 aromatic carbocycles. The molecule has 4 aromatic rings. The zero-order chi connectivity index (χ0) is 13.3. The fraction of sp³-hybridized carbons (Fsp3) is 0.125. The second kappa shape index (κ2) is 3.46. The molecular formula is C16H12N3S+. The molecule has 0 spiro atoms. The Hall–Kier alpha value is -2.20. The maximum atomic E-state index is 4.31. The summed E-state index contributed by atoms with van der Waals surface area (Å²) < 4.78 is 4.72. The van der Waals surface area contributed by atoms with Crippen LogP contribution in [0.25, 0.3) is 31.8 Å². The van der Waals surface area contributed by atoms with Crippen molar-refractivity contribution >= 4 is 32.6 Å². The number of hydrogen-bond donors (Lipinski definition) is 0. The number of aryl methyl sites for hydroxylation is 1. The predicted octanol–water partition coefficient (Wildman–Crippen LogP) is 3.10. The van der Waals surface area contributed by atoms with Crippen molar-refractivity contribution in [3.05, 3.63) is 48.3 Å². The maximum Gasteiger partial charge on any atom is 0.272 e. The lowest BCUT2D eigenvalue weighted by molar-refractivity contribution is -0.641. The van der Waals surface area contributed by atoms with Crippen LogP contribution < -0.4 is 4.57 Å². The van der Waals surface area contributed by atoms with Gasteiger partial charge in [0.25, 0.3) is 10.5 Å². The lowest BCUT2D eigenvalue weighted by Crippen LogP contribution is -2.30. The first kappa shape index (κ1) is 10.6. The molecule has 0 fully saturated rings. The standard InChI is InChI=1S/C16H12N3S/c1-18-13-6-7-17-8-12(13)14-16(18)20-15-11-5-3-2-4-10(11)9-19(14)15/h2-8H,9H2,1H3/q+1. The van der Waals surface area contributed by atoms with Gasteiger partial charge in [0.1, 0.15) is 0 Å². The highest BCUT2D eigenvalue weighted by molar-refractivity contribution is 7.21. The molecule has 0 bridgehead atoms. The molecule has 0 saturated heterocycles.